The van der Waals surface area contributed by atoms with Crippen LogP contribution in [0.25, 0.3) is 0 Å². The molecule has 0 radical (unpaired) electrons. The Hall–Kier alpha value is -0.650. The lowest BCUT2D eigenvalue weighted by molar-refractivity contribution is 0.0957. The van der Waals surface area contributed by atoms with Crippen molar-refractivity contribution in [3.8, 4) is 0 Å². The molecule has 4 nitrogen and oxygen atoms in total. The summed E-state index contributed by atoms with van der Waals surface area (Å²) in [5.74, 6) is -0.00623. The summed E-state index contributed by atoms with van der Waals surface area (Å²) in [4.78, 5) is 16.6. The van der Waals surface area contributed by atoms with Crippen molar-refractivity contribution < 1.29 is 4.79 Å². The van der Waals surface area contributed by atoms with E-state index in [1.54, 1.807) is 6.20 Å². The van der Waals surface area contributed by atoms with E-state index in [0.717, 1.165) is 11.6 Å². The van der Waals surface area contributed by atoms with Crippen molar-refractivity contribution >= 4 is 29.7 Å². The number of carbonyl (C=O) groups excluding carboxylic acids is 1. The van der Waals surface area contributed by atoms with E-state index in [9.17, 15) is 4.79 Å². The predicted molar refractivity (Wildman–Crippen MR) is 85.9 cm³/mol. The molecule has 1 aromatic rings. The summed E-state index contributed by atoms with van der Waals surface area (Å²) >= 11 is 1.44. The van der Waals surface area contributed by atoms with Crippen LogP contribution in [0, 0.1) is 6.92 Å². The third-order valence-corrected chi connectivity index (χ3v) is 4.46. The van der Waals surface area contributed by atoms with Crippen molar-refractivity contribution in [3.63, 3.8) is 0 Å². The van der Waals surface area contributed by atoms with E-state index >= 15 is 0 Å². The first kappa shape index (κ1) is 17.4. The molecule has 0 aliphatic heterocycles. The molecule has 0 unspecified atom stereocenters. The van der Waals surface area contributed by atoms with Crippen molar-refractivity contribution in [3.05, 3.63) is 16.1 Å². The zero-order chi connectivity index (χ0) is 13.5. The van der Waals surface area contributed by atoms with Gasteiger partial charge in [-0.3, -0.25) is 4.79 Å². The average Bonchev–Trinajstić information content (AvgIpc) is 2.68. The Labute approximate surface area is 131 Å². The first-order chi connectivity index (χ1) is 9.25. The van der Waals surface area contributed by atoms with Crippen LogP contribution in [-0.2, 0) is 0 Å². The maximum atomic E-state index is 11.8. The van der Waals surface area contributed by atoms with Gasteiger partial charge in [-0.05, 0) is 19.8 Å². The van der Waals surface area contributed by atoms with Gasteiger partial charge < -0.3 is 10.6 Å². The van der Waals surface area contributed by atoms with Crippen LogP contribution in [0.4, 0.5) is 0 Å². The summed E-state index contributed by atoms with van der Waals surface area (Å²) in [6.45, 7) is 3.45. The maximum absolute atomic E-state index is 11.8. The SMILES string of the molecule is Cc1ncc(C(=O)NCCNC2CCCCCC2)s1.Cl. The second kappa shape index (κ2) is 9.32. The van der Waals surface area contributed by atoms with Gasteiger partial charge in [-0.1, -0.05) is 25.7 Å². The smallest absolute Gasteiger partial charge is 0.263 e. The zero-order valence-electron chi connectivity index (χ0n) is 12.0. The zero-order valence-corrected chi connectivity index (χ0v) is 13.6. The first-order valence-electron chi connectivity index (χ1n) is 7.20. The lowest BCUT2D eigenvalue weighted by atomic mass is 10.1. The number of aromatic nitrogens is 1. The van der Waals surface area contributed by atoms with Gasteiger partial charge in [0.1, 0.15) is 4.88 Å². The van der Waals surface area contributed by atoms with E-state index in [1.165, 1.54) is 49.9 Å². The third kappa shape index (κ3) is 5.77. The number of halogens is 1. The lowest BCUT2D eigenvalue weighted by Crippen LogP contribution is -2.36. The highest BCUT2D eigenvalue weighted by molar-refractivity contribution is 7.13. The summed E-state index contributed by atoms with van der Waals surface area (Å²) in [5, 5.41) is 7.42. The van der Waals surface area contributed by atoms with E-state index < -0.39 is 0 Å². The van der Waals surface area contributed by atoms with Gasteiger partial charge in [-0.15, -0.1) is 23.7 Å². The van der Waals surface area contributed by atoms with Crippen LogP contribution in [0.15, 0.2) is 6.20 Å². The molecule has 2 rings (SSSR count). The topological polar surface area (TPSA) is 54.0 Å². The van der Waals surface area contributed by atoms with Crippen LogP contribution in [0.1, 0.15) is 53.2 Å². The van der Waals surface area contributed by atoms with Crippen molar-refractivity contribution in [2.45, 2.75) is 51.5 Å². The van der Waals surface area contributed by atoms with E-state index in [-0.39, 0.29) is 18.3 Å². The Bertz CT molecular complexity index is 403. The molecule has 0 spiro atoms. The number of amides is 1. The molecule has 2 N–H and O–H groups in total. The van der Waals surface area contributed by atoms with Gasteiger partial charge in [0.25, 0.3) is 5.91 Å². The van der Waals surface area contributed by atoms with E-state index in [4.69, 9.17) is 0 Å². The number of nitrogens with zero attached hydrogens (tertiary/aromatic N) is 1. The second-order valence-corrected chi connectivity index (χ2v) is 6.38. The normalized spacial score (nSPS) is 16.2. The molecule has 1 amide bonds. The second-order valence-electron chi connectivity index (χ2n) is 5.14. The molecule has 20 heavy (non-hydrogen) atoms. The molecule has 1 fully saturated rings. The van der Waals surface area contributed by atoms with Gasteiger partial charge in [0, 0.05) is 19.1 Å². The quantitative estimate of drug-likeness (QED) is 0.648. The van der Waals surface area contributed by atoms with Crippen molar-refractivity contribution in [2.24, 2.45) is 0 Å². The number of hydrogen-bond donors (Lipinski definition) is 2. The molecule has 114 valence electrons. The van der Waals surface area contributed by atoms with E-state index in [0.29, 0.717) is 17.5 Å². The number of rotatable bonds is 5. The highest BCUT2D eigenvalue weighted by atomic mass is 35.5. The van der Waals surface area contributed by atoms with Crippen LogP contribution < -0.4 is 10.6 Å². The van der Waals surface area contributed by atoms with Crippen LogP contribution in [0.2, 0.25) is 0 Å². The number of carbonyl (C=O) groups is 1. The molecular weight excluding hydrogens is 294 g/mol. The van der Waals surface area contributed by atoms with Gasteiger partial charge in [-0.25, -0.2) is 4.98 Å². The molecule has 6 heteroatoms. The molecule has 0 bridgehead atoms. The van der Waals surface area contributed by atoms with Crippen molar-refractivity contribution in [1.82, 2.24) is 15.6 Å². The molecular formula is C14H24ClN3OS. The Kier molecular flexibility index (Phi) is 8.11. The maximum Gasteiger partial charge on any atom is 0.263 e. The fourth-order valence-corrected chi connectivity index (χ4v) is 3.18. The monoisotopic (exact) mass is 317 g/mol. The van der Waals surface area contributed by atoms with E-state index in [2.05, 4.69) is 15.6 Å². The Balaban J connectivity index is 0.00000200. The summed E-state index contributed by atoms with van der Waals surface area (Å²) < 4.78 is 0. The molecule has 0 saturated heterocycles. The Morgan fingerprint density at radius 1 is 1.30 bits per heavy atom. The molecule has 1 heterocycles. The number of hydrogen-bond acceptors (Lipinski definition) is 4. The highest BCUT2D eigenvalue weighted by Gasteiger charge is 2.12. The fraction of sp³-hybridized carbons (Fsp3) is 0.714. The minimum Gasteiger partial charge on any atom is -0.350 e. The molecule has 1 aromatic heterocycles. The summed E-state index contributed by atoms with van der Waals surface area (Å²) in [6.07, 6.45) is 9.63. The van der Waals surface area contributed by atoms with Crippen LogP contribution in [0.3, 0.4) is 0 Å². The third-order valence-electron chi connectivity index (χ3n) is 3.54. The largest absolute Gasteiger partial charge is 0.350 e. The van der Waals surface area contributed by atoms with Gasteiger partial charge in [0.05, 0.1) is 11.2 Å². The predicted octanol–water partition coefficient (Wildman–Crippen LogP) is 2.92. The fourth-order valence-electron chi connectivity index (χ4n) is 2.49. The van der Waals surface area contributed by atoms with Crippen LogP contribution in [-0.4, -0.2) is 30.0 Å². The summed E-state index contributed by atoms with van der Waals surface area (Å²) in [5.41, 5.74) is 0. The van der Waals surface area contributed by atoms with E-state index in [1.807, 2.05) is 6.92 Å². The number of aryl methyl sites for hydroxylation is 1. The van der Waals surface area contributed by atoms with Crippen LogP contribution in [0.5, 0.6) is 0 Å². The minimum atomic E-state index is -0.00623. The van der Waals surface area contributed by atoms with Gasteiger partial charge in [0.15, 0.2) is 0 Å². The molecule has 1 aliphatic rings. The number of thiazole rings is 1. The van der Waals surface area contributed by atoms with Gasteiger partial charge >= 0.3 is 0 Å². The highest BCUT2D eigenvalue weighted by Crippen LogP contribution is 2.16. The van der Waals surface area contributed by atoms with Gasteiger partial charge in [-0.2, -0.15) is 0 Å². The summed E-state index contributed by atoms with van der Waals surface area (Å²) in [6, 6.07) is 0.644. The Morgan fingerprint density at radius 2 is 2.00 bits per heavy atom. The average molecular weight is 318 g/mol. The molecule has 1 aliphatic carbocycles. The standard InChI is InChI=1S/C14H23N3OS.ClH/c1-11-17-10-13(19-11)14(18)16-9-8-15-12-6-4-2-3-5-7-12;/h10,12,15H,2-9H2,1H3,(H,16,18);1H. The van der Waals surface area contributed by atoms with Gasteiger partial charge in [0.2, 0.25) is 0 Å². The van der Waals surface area contributed by atoms with Crippen molar-refractivity contribution in [1.29, 1.82) is 0 Å². The molecule has 0 aromatic carbocycles. The van der Waals surface area contributed by atoms with Crippen molar-refractivity contribution in [2.75, 3.05) is 13.1 Å². The number of nitrogens with one attached hydrogen (secondary N) is 2. The minimum absolute atomic E-state index is 0. The lowest BCUT2D eigenvalue weighted by Gasteiger charge is -2.16. The molecule has 0 atom stereocenters. The van der Waals surface area contributed by atoms with Crippen LogP contribution >= 0.6 is 23.7 Å². The molecule has 1 saturated carbocycles. The summed E-state index contributed by atoms with van der Waals surface area (Å²) in [7, 11) is 0. The first-order valence-corrected chi connectivity index (χ1v) is 8.01. The Morgan fingerprint density at radius 3 is 2.60 bits per heavy atom.